The number of hydrogen-bond acceptors (Lipinski definition) is 3. The summed E-state index contributed by atoms with van der Waals surface area (Å²) < 4.78 is 3.73. The molecular formula is C27H22N2S2. The van der Waals surface area contributed by atoms with E-state index in [9.17, 15) is 0 Å². The zero-order chi connectivity index (χ0) is 20.8. The average molecular weight is 439 g/mol. The molecule has 6 aromatic rings. The van der Waals surface area contributed by atoms with Crippen LogP contribution in [0.15, 0.2) is 78.9 Å². The maximum atomic E-state index is 4.84. The summed E-state index contributed by atoms with van der Waals surface area (Å²) in [5.74, 6) is 0. The van der Waals surface area contributed by atoms with Crippen molar-refractivity contribution in [3.63, 3.8) is 0 Å². The Labute approximate surface area is 189 Å². The van der Waals surface area contributed by atoms with E-state index in [-0.39, 0.29) is 0 Å². The van der Waals surface area contributed by atoms with Crippen molar-refractivity contribution in [2.75, 3.05) is 0 Å². The number of para-hydroxylation sites is 2. The Morgan fingerprint density at radius 1 is 0.774 bits per heavy atom. The zero-order valence-corrected chi connectivity index (χ0v) is 19.0. The number of thiophene rings is 1. The number of unbranched alkanes of at least 4 members (excludes halogenated alkanes) is 1. The fraction of sp³-hybridized carbons (Fsp3) is 0.148. The molecule has 0 aliphatic rings. The fourth-order valence-corrected chi connectivity index (χ4v) is 6.37. The monoisotopic (exact) mass is 438 g/mol. The lowest BCUT2D eigenvalue weighted by molar-refractivity contribution is 0.665. The molecule has 3 aromatic carbocycles. The molecule has 3 heterocycles. The van der Waals surface area contributed by atoms with Crippen molar-refractivity contribution in [2.45, 2.75) is 26.3 Å². The first-order valence-corrected chi connectivity index (χ1v) is 12.4. The summed E-state index contributed by atoms with van der Waals surface area (Å²) in [6.45, 7) is 3.33. The van der Waals surface area contributed by atoms with E-state index in [1.807, 2.05) is 11.3 Å². The molecule has 0 bridgehead atoms. The van der Waals surface area contributed by atoms with Gasteiger partial charge in [0.05, 0.1) is 15.1 Å². The highest BCUT2D eigenvalue weighted by Gasteiger charge is 2.13. The minimum absolute atomic E-state index is 1.07. The second kappa shape index (κ2) is 7.63. The van der Waals surface area contributed by atoms with Crippen molar-refractivity contribution in [1.29, 1.82) is 0 Å². The van der Waals surface area contributed by atoms with Gasteiger partial charge in [0.25, 0.3) is 0 Å². The molecule has 4 heteroatoms. The summed E-state index contributed by atoms with van der Waals surface area (Å²) in [7, 11) is 0. The van der Waals surface area contributed by atoms with Crippen molar-refractivity contribution in [3.8, 4) is 20.3 Å². The molecule has 31 heavy (non-hydrogen) atoms. The summed E-state index contributed by atoms with van der Waals surface area (Å²) in [5.41, 5.74) is 5.04. The number of benzene rings is 3. The van der Waals surface area contributed by atoms with E-state index < -0.39 is 0 Å². The molecule has 0 saturated carbocycles. The highest BCUT2D eigenvalue weighted by molar-refractivity contribution is 7.26. The van der Waals surface area contributed by atoms with Crippen molar-refractivity contribution in [1.82, 2.24) is 9.55 Å². The second-order valence-electron chi connectivity index (χ2n) is 7.90. The van der Waals surface area contributed by atoms with Crippen LogP contribution >= 0.6 is 22.7 Å². The Morgan fingerprint density at radius 3 is 2.48 bits per heavy atom. The predicted octanol–water partition coefficient (Wildman–Crippen LogP) is 8.60. The van der Waals surface area contributed by atoms with Crippen molar-refractivity contribution >= 4 is 54.7 Å². The molecule has 3 aromatic heterocycles. The van der Waals surface area contributed by atoms with Gasteiger partial charge in [-0.25, -0.2) is 4.98 Å². The van der Waals surface area contributed by atoms with E-state index in [0.29, 0.717) is 0 Å². The third kappa shape index (κ3) is 3.18. The molecule has 152 valence electrons. The highest BCUT2D eigenvalue weighted by Crippen LogP contribution is 2.40. The fourth-order valence-electron chi connectivity index (χ4n) is 4.35. The van der Waals surface area contributed by atoms with Gasteiger partial charge in [0.1, 0.15) is 5.01 Å². The van der Waals surface area contributed by atoms with Gasteiger partial charge in [-0.2, -0.15) is 0 Å². The van der Waals surface area contributed by atoms with E-state index >= 15 is 0 Å². The minimum Gasteiger partial charge on any atom is -0.340 e. The number of nitrogens with zero attached hydrogens (tertiary/aromatic N) is 2. The highest BCUT2D eigenvalue weighted by atomic mass is 32.1. The molecule has 0 saturated heterocycles. The molecule has 0 spiro atoms. The number of fused-ring (bicyclic) bond motifs is 4. The lowest BCUT2D eigenvalue weighted by atomic mass is 10.1. The molecule has 0 amide bonds. The average Bonchev–Trinajstić information content (AvgIpc) is 3.53. The summed E-state index contributed by atoms with van der Waals surface area (Å²) >= 11 is 3.60. The van der Waals surface area contributed by atoms with Crippen LogP contribution in [0.5, 0.6) is 0 Å². The largest absolute Gasteiger partial charge is 0.340 e. The Morgan fingerprint density at radius 2 is 1.58 bits per heavy atom. The summed E-state index contributed by atoms with van der Waals surface area (Å²) in [6.07, 6.45) is 2.40. The first-order chi connectivity index (χ1) is 15.3. The molecule has 0 fully saturated rings. The lowest BCUT2D eigenvalue weighted by Gasteiger charge is -2.06. The van der Waals surface area contributed by atoms with Crippen molar-refractivity contribution in [3.05, 3.63) is 78.9 Å². The molecule has 0 aliphatic carbocycles. The number of aromatic nitrogens is 2. The second-order valence-corrected chi connectivity index (χ2v) is 10.0. The molecular weight excluding hydrogens is 416 g/mol. The Bertz CT molecular complexity index is 1500. The third-order valence-corrected chi connectivity index (χ3v) is 8.24. The first-order valence-electron chi connectivity index (χ1n) is 10.8. The third-order valence-electron chi connectivity index (χ3n) is 5.90. The number of aryl methyl sites for hydroxylation is 1. The summed E-state index contributed by atoms with van der Waals surface area (Å²) in [4.78, 5) is 7.37. The molecule has 0 unspecified atom stereocenters. The zero-order valence-electron chi connectivity index (χ0n) is 17.3. The summed E-state index contributed by atoms with van der Waals surface area (Å²) in [6, 6.07) is 28.6. The molecule has 0 N–H and O–H groups in total. The van der Waals surface area contributed by atoms with Gasteiger partial charge in [-0.05, 0) is 54.4 Å². The molecule has 0 aliphatic heterocycles. The van der Waals surface area contributed by atoms with Crippen LogP contribution in [0.4, 0.5) is 0 Å². The van der Waals surface area contributed by atoms with Gasteiger partial charge in [0.2, 0.25) is 0 Å². The maximum Gasteiger partial charge on any atom is 0.134 e. The van der Waals surface area contributed by atoms with Gasteiger partial charge in [-0.1, -0.05) is 49.7 Å². The lowest BCUT2D eigenvalue weighted by Crippen LogP contribution is -1.96. The molecule has 0 atom stereocenters. The molecule has 6 rings (SSSR count). The predicted molar refractivity (Wildman–Crippen MR) is 136 cm³/mol. The molecule has 2 nitrogen and oxygen atoms in total. The van der Waals surface area contributed by atoms with Gasteiger partial charge < -0.3 is 4.57 Å². The smallest absolute Gasteiger partial charge is 0.134 e. The van der Waals surface area contributed by atoms with E-state index in [1.165, 1.54) is 54.7 Å². The topological polar surface area (TPSA) is 17.8 Å². The standard InChI is InChI=1S/C27H22N2S2/c1-2-3-16-29-22-10-6-4-8-19(22)20-17-18(12-13-23(20)29)24-14-15-26(30-24)27-28-21-9-5-7-11-25(21)31-27/h4-15,17H,2-3,16H2,1H3. The van der Waals surface area contributed by atoms with E-state index in [2.05, 4.69) is 90.4 Å². The van der Waals surface area contributed by atoms with Crippen LogP contribution in [-0.2, 0) is 6.54 Å². The quantitative estimate of drug-likeness (QED) is 0.263. The van der Waals surface area contributed by atoms with Gasteiger partial charge in [0, 0.05) is 33.2 Å². The van der Waals surface area contributed by atoms with Crippen LogP contribution in [-0.4, -0.2) is 9.55 Å². The maximum absolute atomic E-state index is 4.84. The van der Waals surface area contributed by atoms with Crippen LogP contribution in [0.2, 0.25) is 0 Å². The van der Waals surface area contributed by atoms with E-state index in [0.717, 1.165) is 17.1 Å². The number of rotatable bonds is 5. The van der Waals surface area contributed by atoms with Crippen LogP contribution in [0.3, 0.4) is 0 Å². The van der Waals surface area contributed by atoms with Gasteiger partial charge in [0.15, 0.2) is 0 Å². The SMILES string of the molecule is CCCCn1c2ccccc2c2cc(-c3ccc(-c4nc5ccccc5s4)s3)ccc21. The minimum atomic E-state index is 1.07. The number of thiazole rings is 1. The first kappa shape index (κ1) is 18.8. The van der Waals surface area contributed by atoms with Crippen molar-refractivity contribution in [2.24, 2.45) is 0 Å². The number of hydrogen-bond donors (Lipinski definition) is 0. The van der Waals surface area contributed by atoms with E-state index in [4.69, 9.17) is 4.98 Å². The van der Waals surface area contributed by atoms with Crippen LogP contribution in [0.25, 0.3) is 52.3 Å². The van der Waals surface area contributed by atoms with Gasteiger partial charge in [-0.15, -0.1) is 22.7 Å². The summed E-state index contributed by atoms with van der Waals surface area (Å²) in [5, 5.41) is 3.80. The Balaban J connectivity index is 1.44. The van der Waals surface area contributed by atoms with Gasteiger partial charge in [-0.3, -0.25) is 0 Å². The van der Waals surface area contributed by atoms with E-state index in [1.54, 1.807) is 11.3 Å². The Kier molecular flexibility index (Phi) is 4.62. The Hall–Kier alpha value is -2.95. The van der Waals surface area contributed by atoms with Gasteiger partial charge >= 0.3 is 0 Å². The van der Waals surface area contributed by atoms with Crippen LogP contribution in [0, 0.1) is 0 Å². The van der Waals surface area contributed by atoms with Crippen LogP contribution in [0.1, 0.15) is 19.8 Å². The van der Waals surface area contributed by atoms with Crippen LogP contribution < -0.4 is 0 Å². The molecule has 0 radical (unpaired) electrons. The normalized spacial score (nSPS) is 11.8. The van der Waals surface area contributed by atoms with Crippen molar-refractivity contribution < 1.29 is 0 Å².